The van der Waals surface area contributed by atoms with E-state index in [0.717, 1.165) is 45.4 Å². The zero-order valence-electron chi connectivity index (χ0n) is 21.3. The Labute approximate surface area is 190 Å². The van der Waals surface area contributed by atoms with Crippen LogP contribution in [0.25, 0.3) is 0 Å². The number of hydrogen-bond acceptors (Lipinski definition) is 2. The molecule has 0 amide bonds. The number of hydrogen-bond donors (Lipinski definition) is 2. The first-order chi connectivity index (χ1) is 14.0. The first-order valence-corrected chi connectivity index (χ1v) is 11.4. The zero-order valence-corrected chi connectivity index (χ0v) is 21.3. The number of rotatable bonds is 5. The van der Waals surface area contributed by atoms with Gasteiger partial charge in [0, 0.05) is 17.0 Å². The molecule has 0 aliphatic carbocycles. The summed E-state index contributed by atoms with van der Waals surface area (Å²) in [5.41, 5.74) is 6.64. The molecule has 2 aromatic carbocycles. The maximum Gasteiger partial charge on any atom is 0.123 e. The van der Waals surface area contributed by atoms with Gasteiger partial charge in [0.05, 0.1) is 0 Å². The molecule has 0 spiro atoms. The van der Waals surface area contributed by atoms with Crippen LogP contribution in [0, 0.1) is 19.8 Å². The van der Waals surface area contributed by atoms with E-state index in [-0.39, 0.29) is 22.7 Å². The number of phenolic OH excluding ortho intramolecular Hbond substituents is 2. The van der Waals surface area contributed by atoms with Crippen LogP contribution in [0.4, 0.5) is 0 Å². The van der Waals surface area contributed by atoms with Crippen LogP contribution >= 0.6 is 0 Å². The predicted octanol–water partition coefficient (Wildman–Crippen LogP) is 8.04. The third-order valence-corrected chi connectivity index (χ3v) is 6.09. The Bertz CT molecular complexity index is 898. The molecule has 2 aromatic rings. The molecule has 0 saturated carbocycles. The molecule has 0 heterocycles. The average molecular weight is 423 g/mol. The molecule has 0 aliphatic heterocycles. The van der Waals surface area contributed by atoms with Gasteiger partial charge in [-0.25, -0.2) is 0 Å². The van der Waals surface area contributed by atoms with Crippen molar-refractivity contribution in [2.75, 3.05) is 0 Å². The van der Waals surface area contributed by atoms with Crippen molar-refractivity contribution in [2.24, 2.45) is 5.92 Å². The third-order valence-electron chi connectivity index (χ3n) is 6.09. The molecule has 2 heteroatoms. The highest BCUT2D eigenvalue weighted by Gasteiger charge is 2.32. The second kappa shape index (κ2) is 8.73. The van der Waals surface area contributed by atoms with Crippen LogP contribution in [0.1, 0.15) is 101 Å². The lowest BCUT2D eigenvalue weighted by Gasteiger charge is -2.32. The molecule has 0 fully saturated rings. The summed E-state index contributed by atoms with van der Waals surface area (Å²) in [6, 6.07) is 8.33. The fraction of sp³-hybridized carbons (Fsp3) is 0.517. The topological polar surface area (TPSA) is 40.5 Å². The number of aromatic hydroxyl groups is 2. The zero-order chi connectivity index (χ0) is 23.9. The Morgan fingerprint density at radius 2 is 1.16 bits per heavy atom. The van der Waals surface area contributed by atoms with Gasteiger partial charge in [0.25, 0.3) is 0 Å². The SMILES string of the molecule is C=C(C)CC(C)C(c1cc(C)cc(C(C)(C)C)c1O)c1cc(C)cc(C(C)(C)C)c1O. The van der Waals surface area contributed by atoms with Gasteiger partial charge in [-0.05, 0) is 55.1 Å². The fourth-order valence-electron chi connectivity index (χ4n) is 4.68. The Kier molecular flexibility index (Phi) is 7.05. The minimum atomic E-state index is -0.182. The molecule has 0 aliphatic rings. The maximum atomic E-state index is 11.4. The highest BCUT2D eigenvalue weighted by atomic mass is 16.3. The summed E-state index contributed by atoms with van der Waals surface area (Å²) in [5, 5.41) is 22.9. The van der Waals surface area contributed by atoms with Gasteiger partial charge in [-0.1, -0.05) is 89.4 Å². The van der Waals surface area contributed by atoms with Crippen molar-refractivity contribution >= 4 is 0 Å². The summed E-state index contributed by atoms with van der Waals surface area (Å²) in [6.07, 6.45) is 0.821. The lowest BCUT2D eigenvalue weighted by molar-refractivity contribution is 0.405. The highest BCUT2D eigenvalue weighted by molar-refractivity contribution is 5.56. The van der Waals surface area contributed by atoms with Gasteiger partial charge in [0.2, 0.25) is 0 Å². The summed E-state index contributed by atoms with van der Waals surface area (Å²) in [5.74, 6) is 0.710. The van der Waals surface area contributed by atoms with E-state index >= 15 is 0 Å². The van der Waals surface area contributed by atoms with Gasteiger partial charge >= 0.3 is 0 Å². The fourth-order valence-corrected chi connectivity index (χ4v) is 4.68. The number of benzene rings is 2. The Balaban J connectivity index is 2.90. The second-order valence-corrected chi connectivity index (χ2v) is 11.6. The highest BCUT2D eigenvalue weighted by Crippen LogP contribution is 2.48. The van der Waals surface area contributed by atoms with Gasteiger partial charge in [0.15, 0.2) is 0 Å². The monoisotopic (exact) mass is 422 g/mol. The molecular formula is C29H42O2. The molecule has 0 saturated heterocycles. The maximum absolute atomic E-state index is 11.4. The van der Waals surface area contributed by atoms with E-state index in [4.69, 9.17) is 0 Å². The molecule has 31 heavy (non-hydrogen) atoms. The van der Waals surface area contributed by atoms with Gasteiger partial charge in [0.1, 0.15) is 11.5 Å². The quantitative estimate of drug-likeness (QED) is 0.479. The van der Waals surface area contributed by atoms with Crippen molar-refractivity contribution in [3.8, 4) is 11.5 Å². The minimum Gasteiger partial charge on any atom is -0.507 e. The van der Waals surface area contributed by atoms with E-state index in [1.165, 1.54) is 0 Å². The molecule has 170 valence electrons. The third kappa shape index (κ3) is 5.53. The van der Waals surface area contributed by atoms with Gasteiger partial charge < -0.3 is 10.2 Å². The van der Waals surface area contributed by atoms with Crippen molar-refractivity contribution < 1.29 is 10.2 Å². The minimum absolute atomic E-state index is 0.140. The van der Waals surface area contributed by atoms with Crippen molar-refractivity contribution in [1.82, 2.24) is 0 Å². The average Bonchev–Trinajstić information content (AvgIpc) is 2.57. The summed E-state index contributed by atoms with van der Waals surface area (Å²) in [7, 11) is 0. The van der Waals surface area contributed by atoms with Gasteiger partial charge in [-0.3, -0.25) is 0 Å². The van der Waals surface area contributed by atoms with Crippen molar-refractivity contribution in [3.05, 3.63) is 69.8 Å². The molecule has 0 bridgehead atoms. The van der Waals surface area contributed by atoms with Gasteiger partial charge in [-0.15, -0.1) is 6.58 Å². The summed E-state index contributed by atoms with van der Waals surface area (Å²) in [4.78, 5) is 0. The molecule has 1 atom stereocenters. The summed E-state index contributed by atoms with van der Waals surface area (Å²) >= 11 is 0. The van der Waals surface area contributed by atoms with Crippen LogP contribution < -0.4 is 0 Å². The van der Waals surface area contributed by atoms with Crippen LogP contribution in [0.2, 0.25) is 0 Å². The van der Waals surface area contributed by atoms with Crippen molar-refractivity contribution in [2.45, 2.75) is 92.4 Å². The van der Waals surface area contributed by atoms with E-state index in [1.54, 1.807) is 0 Å². The van der Waals surface area contributed by atoms with E-state index in [0.29, 0.717) is 11.5 Å². The lowest BCUT2D eigenvalue weighted by Crippen LogP contribution is -2.19. The number of aryl methyl sites for hydroxylation is 2. The van der Waals surface area contributed by atoms with E-state index in [9.17, 15) is 10.2 Å². The second-order valence-electron chi connectivity index (χ2n) is 11.6. The Morgan fingerprint density at radius 1 is 0.806 bits per heavy atom. The Morgan fingerprint density at radius 3 is 1.45 bits per heavy atom. The summed E-state index contributed by atoms with van der Waals surface area (Å²) in [6.45, 7) is 25.3. The predicted molar refractivity (Wildman–Crippen MR) is 134 cm³/mol. The van der Waals surface area contributed by atoms with Crippen molar-refractivity contribution in [1.29, 1.82) is 0 Å². The van der Waals surface area contributed by atoms with Crippen LogP contribution in [0.15, 0.2) is 36.4 Å². The Hall–Kier alpha value is -2.22. The largest absolute Gasteiger partial charge is 0.507 e. The molecule has 0 radical (unpaired) electrons. The van der Waals surface area contributed by atoms with Crippen LogP contribution in [0.5, 0.6) is 11.5 Å². The summed E-state index contributed by atoms with van der Waals surface area (Å²) < 4.78 is 0. The molecule has 2 rings (SSSR count). The van der Waals surface area contributed by atoms with Crippen LogP contribution in [0.3, 0.4) is 0 Å². The van der Waals surface area contributed by atoms with E-state index < -0.39 is 0 Å². The molecule has 1 unspecified atom stereocenters. The first-order valence-electron chi connectivity index (χ1n) is 11.4. The number of allylic oxidation sites excluding steroid dienone is 1. The van der Waals surface area contributed by atoms with Crippen LogP contribution in [-0.2, 0) is 10.8 Å². The first kappa shape index (κ1) is 25.0. The molecule has 2 nitrogen and oxygen atoms in total. The normalized spacial score (nSPS) is 13.5. The van der Waals surface area contributed by atoms with Crippen LogP contribution in [-0.4, -0.2) is 10.2 Å². The number of phenols is 2. The van der Waals surface area contributed by atoms with Crippen molar-refractivity contribution in [3.63, 3.8) is 0 Å². The lowest BCUT2D eigenvalue weighted by atomic mass is 9.73. The molecular weight excluding hydrogens is 380 g/mol. The molecule has 2 N–H and O–H groups in total. The molecule has 0 aromatic heterocycles. The standard InChI is InChI=1S/C29H42O2/c1-17(2)12-20(5)25(21-13-18(3)15-23(26(21)30)28(6,7)8)22-14-19(4)16-24(27(22)31)29(9,10)11/h13-16,20,25,30-31H,1,12H2,2-11H3. The van der Waals surface area contributed by atoms with E-state index in [2.05, 4.69) is 93.2 Å². The van der Waals surface area contributed by atoms with Gasteiger partial charge in [-0.2, -0.15) is 0 Å². The van der Waals surface area contributed by atoms with E-state index in [1.807, 2.05) is 6.92 Å². The smallest absolute Gasteiger partial charge is 0.123 e.